The number of anilines is 1. The number of benzene rings is 2. The van der Waals surface area contributed by atoms with Gasteiger partial charge in [-0.2, -0.15) is 0 Å². The maximum atomic E-state index is 12.6. The Morgan fingerprint density at radius 3 is 2.75 bits per heavy atom. The molecule has 0 spiro atoms. The van der Waals surface area contributed by atoms with Crippen LogP contribution in [0.25, 0.3) is 11.4 Å². The third kappa shape index (κ3) is 5.17. The number of amides is 1. The van der Waals surface area contributed by atoms with Gasteiger partial charge in [0, 0.05) is 17.5 Å². The normalized spacial score (nSPS) is 10.8. The van der Waals surface area contributed by atoms with Crippen molar-refractivity contribution in [3.05, 3.63) is 70.7 Å². The highest BCUT2D eigenvalue weighted by Crippen LogP contribution is 2.28. The summed E-state index contributed by atoms with van der Waals surface area (Å²) in [5, 5.41) is 14.3. The summed E-state index contributed by atoms with van der Waals surface area (Å²) in [6.07, 6.45) is 0. The van der Waals surface area contributed by atoms with Gasteiger partial charge in [-0.3, -0.25) is 4.79 Å². The zero-order valence-corrected chi connectivity index (χ0v) is 19.4. The van der Waals surface area contributed by atoms with Crippen LogP contribution in [0.5, 0.6) is 5.75 Å². The molecule has 1 N–H and O–H groups in total. The van der Waals surface area contributed by atoms with E-state index in [4.69, 9.17) is 4.74 Å². The fourth-order valence-electron chi connectivity index (χ4n) is 3.18. The third-order valence-corrected chi connectivity index (χ3v) is 6.37. The van der Waals surface area contributed by atoms with Gasteiger partial charge in [0.15, 0.2) is 11.0 Å². The molecule has 0 saturated heterocycles. The molecule has 7 nitrogen and oxygen atoms in total. The molecule has 0 aliphatic carbocycles. The van der Waals surface area contributed by atoms with Crippen molar-refractivity contribution in [1.29, 1.82) is 0 Å². The fraction of sp³-hybridized carbons (Fsp3) is 0.217. The zero-order valence-electron chi connectivity index (χ0n) is 17.8. The van der Waals surface area contributed by atoms with Crippen molar-refractivity contribution in [1.82, 2.24) is 19.7 Å². The molecular weight excluding hydrogens is 442 g/mol. The summed E-state index contributed by atoms with van der Waals surface area (Å²) in [4.78, 5) is 16.9. The van der Waals surface area contributed by atoms with E-state index in [0.717, 1.165) is 22.6 Å². The SMILES string of the molecule is CCn1c(SCC(=O)Nc2ccccc2OCc2cscn2)nnc1-c1ccccc1C. The molecule has 0 fully saturated rings. The number of thiazole rings is 1. The Hall–Kier alpha value is -3.17. The summed E-state index contributed by atoms with van der Waals surface area (Å²) in [5.74, 6) is 1.50. The number of aromatic nitrogens is 4. The van der Waals surface area contributed by atoms with Gasteiger partial charge in [-0.1, -0.05) is 48.2 Å². The summed E-state index contributed by atoms with van der Waals surface area (Å²) in [6, 6.07) is 15.5. The Balaban J connectivity index is 1.40. The van der Waals surface area contributed by atoms with Crippen LogP contribution < -0.4 is 10.1 Å². The van der Waals surface area contributed by atoms with Crippen molar-refractivity contribution in [3.63, 3.8) is 0 Å². The van der Waals surface area contributed by atoms with Gasteiger partial charge in [0.2, 0.25) is 5.91 Å². The Morgan fingerprint density at radius 1 is 1.16 bits per heavy atom. The number of nitrogens with one attached hydrogen (secondary N) is 1. The third-order valence-electron chi connectivity index (χ3n) is 4.77. The summed E-state index contributed by atoms with van der Waals surface area (Å²) >= 11 is 2.89. The number of rotatable bonds is 9. The number of aryl methyl sites for hydroxylation is 1. The van der Waals surface area contributed by atoms with Crippen LogP contribution in [0, 0.1) is 6.92 Å². The zero-order chi connectivity index (χ0) is 22.3. The first-order chi connectivity index (χ1) is 15.7. The maximum Gasteiger partial charge on any atom is 0.234 e. The summed E-state index contributed by atoms with van der Waals surface area (Å²) in [6.45, 7) is 5.17. The highest BCUT2D eigenvalue weighted by molar-refractivity contribution is 7.99. The lowest BCUT2D eigenvalue weighted by atomic mass is 10.1. The minimum Gasteiger partial charge on any atom is -0.485 e. The Kier molecular flexibility index (Phi) is 7.18. The number of hydrogen-bond donors (Lipinski definition) is 1. The van der Waals surface area contributed by atoms with Crippen molar-refractivity contribution in [2.45, 2.75) is 32.2 Å². The number of para-hydroxylation sites is 2. The molecule has 0 aliphatic heterocycles. The van der Waals surface area contributed by atoms with E-state index in [-0.39, 0.29) is 11.7 Å². The molecule has 0 saturated carbocycles. The predicted molar refractivity (Wildman–Crippen MR) is 128 cm³/mol. The van der Waals surface area contributed by atoms with Crippen LogP contribution in [0.4, 0.5) is 5.69 Å². The minimum absolute atomic E-state index is 0.136. The van der Waals surface area contributed by atoms with Crippen LogP contribution in [0.1, 0.15) is 18.2 Å². The number of carbonyl (C=O) groups excluding carboxylic acids is 1. The smallest absolute Gasteiger partial charge is 0.234 e. The first-order valence-electron chi connectivity index (χ1n) is 10.2. The quantitative estimate of drug-likeness (QED) is 0.349. The molecule has 0 atom stereocenters. The van der Waals surface area contributed by atoms with Crippen LogP contribution in [-0.4, -0.2) is 31.4 Å². The van der Waals surface area contributed by atoms with E-state index < -0.39 is 0 Å². The van der Waals surface area contributed by atoms with E-state index in [1.54, 1.807) is 5.51 Å². The Bertz CT molecular complexity index is 1190. The van der Waals surface area contributed by atoms with E-state index in [1.165, 1.54) is 23.1 Å². The highest BCUT2D eigenvalue weighted by atomic mass is 32.2. The molecule has 4 rings (SSSR count). The summed E-state index contributed by atoms with van der Waals surface area (Å²) in [7, 11) is 0. The molecular formula is C23H23N5O2S2. The first-order valence-corrected chi connectivity index (χ1v) is 12.1. The lowest BCUT2D eigenvalue weighted by molar-refractivity contribution is -0.113. The van der Waals surface area contributed by atoms with Crippen LogP contribution in [0.15, 0.2) is 64.6 Å². The van der Waals surface area contributed by atoms with Crippen LogP contribution in [-0.2, 0) is 17.9 Å². The van der Waals surface area contributed by atoms with Gasteiger partial charge >= 0.3 is 0 Å². The molecule has 4 aromatic rings. The van der Waals surface area contributed by atoms with Crippen molar-refractivity contribution in [2.75, 3.05) is 11.1 Å². The average molecular weight is 466 g/mol. The standard InChI is InChI=1S/C23H23N5O2S2/c1-3-28-22(18-9-5-4-8-16(18)2)26-27-23(28)32-14-21(29)25-19-10-6-7-11-20(19)30-12-17-13-31-15-24-17/h4-11,13,15H,3,12,14H2,1-2H3,(H,25,29). The number of nitrogens with zero attached hydrogens (tertiary/aromatic N) is 4. The van der Waals surface area contributed by atoms with Crippen molar-refractivity contribution in [2.24, 2.45) is 0 Å². The van der Waals surface area contributed by atoms with Gasteiger partial charge in [-0.15, -0.1) is 21.5 Å². The minimum atomic E-state index is -0.136. The molecule has 1 amide bonds. The number of thioether (sulfide) groups is 1. The van der Waals surface area contributed by atoms with Crippen LogP contribution in [0.3, 0.4) is 0 Å². The number of hydrogen-bond acceptors (Lipinski definition) is 7. The number of carbonyl (C=O) groups is 1. The van der Waals surface area contributed by atoms with Crippen LogP contribution in [0.2, 0.25) is 0 Å². The Labute approximate surface area is 194 Å². The maximum absolute atomic E-state index is 12.6. The molecule has 2 aromatic carbocycles. The number of ether oxygens (including phenoxy) is 1. The summed E-state index contributed by atoms with van der Waals surface area (Å²) in [5.41, 5.74) is 5.44. The highest BCUT2D eigenvalue weighted by Gasteiger charge is 2.16. The van der Waals surface area contributed by atoms with Gasteiger partial charge in [0.25, 0.3) is 0 Å². The average Bonchev–Trinajstić information content (AvgIpc) is 3.47. The lowest BCUT2D eigenvalue weighted by Gasteiger charge is -2.12. The van der Waals surface area contributed by atoms with Gasteiger partial charge in [0.05, 0.1) is 22.6 Å². The van der Waals surface area contributed by atoms with Gasteiger partial charge in [0.1, 0.15) is 12.4 Å². The molecule has 2 aromatic heterocycles. The molecule has 0 aliphatic rings. The molecule has 0 unspecified atom stereocenters. The summed E-state index contributed by atoms with van der Waals surface area (Å²) < 4.78 is 7.87. The van der Waals surface area contributed by atoms with Gasteiger partial charge in [-0.05, 0) is 31.5 Å². The van der Waals surface area contributed by atoms with Crippen molar-refractivity contribution in [3.8, 4) is 17.1 Å². The monoisotopic (exact) mass is 465 g/mol. The second-order valence-corrected chi connectivity index (χ2v) is 8.63. The topological polar surface area (TPSA) is 81.9 Å². The van der Waals surface area contributed by atoms with E-state index in [9.17, 15) is 4.79 Å². The molecule has 0 radical (unpaired) electrons. The second-order valence-electron chi connectivity index (χ2n) is 6.97. The van der Waals surface area contributed by atoms with E-state index in [0.29, 0.717) is 29.7 Å². The molecule has 9 heteroatoms. The fourth-order valence-corrected chi connectivity index (χ4v) is 4.52. The first kappa shape index (κ1) is 22.0. The van der Waals surface area contributed by atoms with E-state index in [2.05, 4.69) is 33.5 Å². The van der Waals surface area contributed by atoms with E-state index in [1.807, 2.05) is 59.3 Å². The molecule has 0 bridgehead atoms. The molecule has 164 valence electrons. The van der Waals surface area contributed by atoms with Crippen LogP contribution >= 0.6 is 23.1 Å². The predicted octanol–water partition coefficient (Wildman–Crippen LogP) is 5.04. The second kappa shape index (κ2) is 10.4. The largest absolute Gasteiger partial charge is 0.485 e. The molecule has 2 heterocycles. The lowest BCUT2D eigenvalue weighted by Crippen LogP contribution is -2.15. The van der Waals surface area contributed by atoms with Crippen molar-refractivity contribution >= 4 is 34.7 Å². The van der Waals surface area contributed by atoms with Gasteiger partial charge in [-0.25, -0.2) is 4.98 Å². The van der Waals surface area contributed by atoms with E-state index >= 15 is 0 Å². The van der Waals surface area contributed by atoms with Gasteiger partial charge < -0.3 is 14.6 Å². The molecule has 32 heavy (non-hydrogen) atoms. The Morgan fingerprint density at radius 2 is 1.97 bits per heavy atom. The van der Waals surface area contributed by atoms with Crippen molar-refractivity contribution < 1.29 is 9.53 Å².